The van der Waals surface area contributed by atoms with Crippen molar-refractivity contribution in [2.45, 2.75) is 43.4 Å². The van der Waals surface area contributed by atoms with Crippen molar-refractivity contribution in [1.29, 1.82) is 0 Å². The molecule has 0 amide bonds. The van der Waals surface area contributed by atoms with Crippen LogP contribution in [0.3, 0.4) is 0 Å². The lowest BCUT2D eigenvalue weighted by Crippen LogP contribution is -2.31. The van der Waals surface area contributed by atoms with Crippen LogP contribution in [0.1, 0.15) is 31.2 Å². The molecule has 0 bridgehead atoms. The fourth-order valence-electron chi connectivity index (χ4n) is 2.72. The van der Waals surface area contributed by atoms with Gasteiger partial charge in [0.1, 0.15) is 5.75 Å². The Kier molecular flexibility index (Phi) is 6.72. The van der Waals surface area contributed by atoms with E-state index in [9.17, 15) is 0 Å². The largest absolute Gasteiger partial charge is 0.496 e. The predicted molar refractivity (Wildman–Crippen MR) is 92.0 cm³/mol. The molecule has 1 aromatic carbocycles. The number of hydrogen-bond donors (Lipinski definition) is 1. The van der Waals surface area contributed by atoms with Gasteiger partial charge in [-0.3, -0.25) is 0 Å². The number of thioether (sulfide) groups is 1. The van der Waals surface area contributed by atoms with Gasteiger partial charge in [-0.15, -0.1) is 0 Å². The number of nitrogens with one attached hydrogen (secondary N) is 1. The summed E-state index contributed by atoms with van der Waals surface area (Å²) in [5, 5.41) is 4.34. The molecular weight excluding hydrogens is 334 g/mol. The van der Waals surface area contributed by atoms with Crippen LogP contribution >= 0.6 is 27.7 Å². The molecule has 0 saturated heterocycles. The molecule has 0 aliphatic heterocycles. The maximum absolute atomic E-state index is 5.47. The van der Waals surface area contributed by atoms with E-state index in [-0.39, 0.29) is 0 Å². The van der Waals surface area contributed by atoms with Crippen LogP contribution in [0, 0.1) is 0 Å². The summed E-state index contributed by atoms with van der Waals surface area (Å²) >= 11 is 5.69. The topological polar surface area (TPSA) is 21.3 Å². The van der Waals surface area contributed by atoms with Gasteiger partial charge >= 0.3 is 0 Å². The average Bonchev–Trinajstić information content (AvgIpc) is 2.97. The summed E-state index contributed by atoms with van der Waals surface area (Å²) in [5.41, 5.74) is 1.27. The van der Waals surface area contributed by atoms with Gasteiger partial charge in [-0.2, -0.15) is 11.8 Å². The van der Waals surface area contributed by atoms with Crippen molar-refractivity contribution in [1.82, 2.24) is 5.32 Å². The molecule has 0 heterocycles. The molecule has 1 aliphatic rings. The van der Waals surface area contributed by atoms with Crippen LogP contribution in [0.2, 0.25) is 0 Å². The number of methoxy groups -OCH3 is 1. The average molecular weight is 358 g/mol. The molecule has 4 heteroatoms. The minimum absolute atomic E-state index is 0.504. The Bertz CT molecular complexity index is 421. The summed E-state index contributed by atoms with van der Waals surface area (Å²) in [6, 6.07) is 6.74. The maximum Gasteiger partial charge on any atom is 0.122 e. The number of halogens is 1. The Labute approximate surface area is 135 Å². The van der Waals surface area contributed by atoms with E-state index >= 15 is 0 Å². The van der Waals surface area contributed by atoms with Gasteiger partial charge in [0, 0.05) is 21.5 Å². The van der Waals surface area contributed by atoms with Crippen molar-refractivity contribution < 1.29 is 4.74 Å². The van der Waals surface area contributed by atoms with Crippen molar-refractivity contribution in [3.05, 3.63) is 28.2 Å². The normalized spacial score (nSPS) is 17.4. The Hall–Kier alpha value is -0.190. The molecule has 112 valence electrons. The zero-order valence-corrected chi connectivity index (χ0v) is 14.7. The van der Waals surface area contributed by atoms with Gasteiger partial charge in [-0.05, 0) is 50.1 Å². The van der Waals surface area contributed by atoms with E-state index in [0.717, 1.165) is 21.9 Å². The lowest BCUT2D eigenvalue weighted by Gasteiger charge is -2.19. The van der Waals surface area contributed by atoms with Crippen LogP contribution in [0.15, 0.2) is 22.7 Å². The summed E-state index contributed by atoms with van der Waals surface area (Å²) in [6.07, 6.45) is 6.66. The quantitative estimate of drug-likeness (QED) is 0.787. The monoisotopic (exact) mass is 357 g/mol. The van der Waals surface area contributed by atoms with Crippen LogP contribution in [0.5, 0.6) is 5.75 Å². The first-order valence-corrected chi connectivity index (χ1v) is 9.18. The van der Waals surface area contributed by atoms with Gasteiger partial charge in [0.25, 0.3) is 0 Å². The molecule has 1 fully saturated rings. The van der Waals surface area contributed by atoms with Crippen LogP contribution in [0.25, 0.3) is 0 Å². The second kappa shape index (κ2) is 8.30. The Morgan fingerprint density at radius 1 is 1.40 bits per heavy atom. The minimum Gasteiger partial charge on any atom is -0.496 e. The van der Waals surface area contributed by atoms with Gasteiger partial charge in [0.15, 0.2) is 0 Å². The number of ether oxygens (including phenoxy) is 1. The smallest absolute Gasteiger partial charge is 0.122 e. The van der Waals surface area contributed by atoms with E-state index in [1.165, 1.54) is 37.0 Å². The molecule has 20 heavy (non-hydrogen) atoms. The second-order valence-corrected chi connectivity index (χ2v) is 7.63. The molecule has 1 N–H and O–H groups in total. The summed E-state index contributed by atoms with van der Waals surface area (Å²) in [5.74, 6) is 2.16. The lowest BCUT2D eigenvalue weighted by molar-refractivity contribution is 0.407. The van der Waals surface area contributed by atoms with Gasteiger partial charge < -0.3 is 10.1 Å². The molecule has 1 aromatic rings. The molecule has 0 spiro atoms. The highest BCUT2D eigenvalue weighted by molar-refractivity contribution is 9.10. The highest BCUT2D eigenvalue weighted by Crippen LogP contribution is 2.31. The zero-order chi connectivity index (χ0) is 14.4. The summed E-state index contributed by atoms with van der Waals surface area (Å²) < 4.78 is 6.59. The Morgan fingerprint density at radius 3 is 2.80 bits per heavy atom. The van der Waals surface area contributed by atoms with E-state index in [1.807, 2.05) is 12.1 Å². The van der Waals surface area contributed by atoms with E-state index in [0.29, 0.717) is 6.04 Å². The van der Waals surface area contributed by atoms with Crippen LogP contribution in [-0.2, 0) is 6.42 Å². The summed E-state index contributed by atoms with van der Waals surface area (Å²) in [7, 11) is 3.80. The van der Waals surface area contributed by atoms with Gasteiger partial charge in [0.2, 0.25) is 0 Å². The third-order valence-electron chi connectivity index (χ3n) is 3.95. The molecule has 1 atom stereocenters. The highest BCUT2D eigenvalue weighted by Gasteiger charge is 2.18. The Balaban J connectivity index is 1.92. The van der Waals surface area contributed by atoms with Crippen LogP contribution in [0.4, 0.5) is 0 Å². The summed E-state index contributed by atoms with van der Waals surface area (Å²) in [4.78, 5) is 0. The van der Waals surface area contributed by atoms with E-state index in [2.05, 4.69) is 46.1 Å². The molecule has 1 aliphatic carbocycles. The SMILES string of the molecule is CNC(CSC1CCCC1)Cc1cc(Br)ccc1OC. The second-order valence-electron chi connectivity index (χ2n) is 5.39. The van der Waals surface area contributed by atoms with Gasteiger partial charge in [-0.1, -0.05) is 28.8 Å². The first kappa shape index (κ1) is 16.2. The van der Waals surface area contributed by atoms with E-state index in [1.54, 1.807) is 7.11 Å². The predicted octanol–water partition coefficient (Wildman–Crippen LogP) is 4.26. The first-order valence-electron chi connectivity index (χ1n) is 7.34. The third kappa shape index (κ3) is 4.68. The molecule has 2 rings (SSSR count). The van der Waals surface area contributed by atoms with E-state index < -0.39 is 0 Å². The highest BCUT2D eigenvalue weighted by atomic mass is 79.9. The van der Waals surface area contributed by atoms with Crippen molar-refractivity contribution >= 4 is 27.7 Å². The molecule has 1 saturated carbocycles. The van der Waals surface area contributed by atoms with E-state index in [4.69, 9.17) is 4.74 Å². The maximum atomic E-state index is 5.47. The number of likely N-dealkylation sites (N-methyl/N-ethyl adjacent to an activating group) is 1. The lowest BCUT2D eigenvalue weighted by atomic mass is 10.1. The standard InChI is InChI=1S/C16H24BrNOS/c1-18-14(11-20-15-5-3-4-6-15)10-12-9-13(17)7-8-16(12)19-2/h7-9,14-15,18H,3-6,10-11H2,1-2H3. The summed E-state index contributed by atoms with van der Waals surface area (Å²) in [6.45, 7) is 0. The molecule has 2 nitrogen and oxygen atoms in total. The fourth-order valence-corrected chi connectivity index (χ4v) is 4.59. The van der Waals surface area contributed by atoms with Crippen molar-refractivity contribution in [2.75, 3.05) is 19.9 Å². The molecule has 0 aromatic heterocycles. The Morgan fingerprint density at radius 2 is 2.15 bits per heavy atom. The number of hydrogen-bond acceptors (Lipinski definition) is 3. The van der Waals surface area contributed by atoms with Crippen LogP contribution in [-0.4, -0.2) is 31.2 Å². The number of benzene rings is 1. The van der Waals surface area contributed by atoms with Crippen molar-refractivity contribution in [3.63, 3.8) is 0 Å². The van der Waals surface area contributed by atoms with Gasteiger partial charge in [-0.25, -0.2) is 0 Å². The minimum atomic E-state index is 0.504. The third-order valence-corrected chi connectivity index (χ3v) is 5.98. The zero-order valence-electron chi connectivity index (χ0n) is 12.3. The molecule has 1 unspecified atom stereocenters. The number of rotatable bonds is 7. The first-order chi connectivity index (χ1) is 9.72. The molecular formula is C16H24BrNOS. The fraction of sp³-hybridized carbons (Fsp3) is 0.625. The van der Waals surface area contributed by atoms with Crippen LogP contribution < -0.4 is 10.1 Å². The van der Waals surface area contributed by atoms with Gasteiger partial charge in [0.05, 0.1) is 7.11 Å². The van der Waals surface area contributed by atoms with Crippen molar-refractivity contribution in [3.8, 4) is 5.75 Å². The molecule has 0 radical (unpaired) electrons. The van der Waals surface area contributed by atoms with Crippen molar-refractivity contribution in [2.24, 2.45) is 0 Å².